The van der Waals surface area contributed by atoms with Crippen LogP contribution in [0, 0.1) is 11.3 Å². The molecule has 1 heterocycles. The van der Waals surface area contributed by atoms with Crippen molar-refractivity contribution in [3.63, 3.8) is 0 Å². The lowest BCUT2D eigenvalue weighted by molar-refractivity contribution is -0.144. The fraction of sp³-hybridized carbons (Fsp3) is 0.200. The number of carbonyl (C=O) groups is 1. The van der Waals surface area contributed by atoms with Crippen LogP contribution < -0.4 is 4.74 Å². The van der Waals surface area contributed by atoms with Crippen LogP contribution in [-0.2, 0) is 9.53 Å². The van der Waals surface area contributed by atoms with Crippen molar-refractivity contribution in [2.75, 3.05) is 6.61 Å². The van der Waals surface area contributed by atoms with Crippen molar-refractivity contribution in [1.82, 2.24) is 0 Å². The highest BCUT2D eigenvalue weighted by atomic mass is 35.5. The van der Waals surface area contributed by atoms with Gasteiger partial charge in [-0.1, -0.05) is 35.9 Å². The Hall–Kier alpha value is -2.61. The molecule has 1 atom stereocenters. The monoisotopic (exact) mass is 353 g/mol. The van der Waals surface area contributed by atoms with Gasteiger partial charge in [0.15, 0.2) is 6.10 Å². The van der Waals surface area contributed by atoms with Crippen LogP contribution in [-0.4, -0.2) is 18.7 Å². The Morgan fingerprint density at radius 3 is 2.84 bits per heavy atom. The molecule has 1 fully saturated rings. The number of ether oxygens (including phenoxy) is 2. The van der Waals surface area contributed by atoms with E-state index < -0.39 is 6.10 Å². The largest absolute Gasteiger partial charge is 0.425 e. The van der Waals surface area contributed by atoms with Gasteiger partial charge in [0.2, 0.25) is 0 Å². The van der Waals surface area contributed by atoms with Gasteiger partial charge in [0.1, 0.15) is 5.75 Å². The van der Waals surface area contributed by atoms with Gasteiger partial charge in [0.25, 0.3) is 0 Å². The number of nitrogens with zero attached hydrogens (tertiary/aromatic N) is 1. The molecule has 1 saturated heterocycles. The van der Waals surface area contributed by atoms with E-state index in [1.54, 1.807) is 42.5 Å². The predicted octanol–water partition coefficient (Wildman–Crippen LogP) is 4.49. The van der Waals surface area contributed by atoms with Crippen LogP contribution in [0.15, 0.2) is 48.5 Å². The summed E-state index contributed by atoms with van der Waals surface area (Å²) in [5.41, 5.74) is 1.97. The number of rotatable bonds is 4. The molecule has 0 spiro atoms. The molecule has 2 aromatic rings. The summed E-state index contributed by atoms with van der Waals surface area (Å²) in [7, 11) is 0. The molecule has 1 aliphatic rings. The zero-order valence-electron chi connectivity index (χ0n) is 13.4. The first kappa shape index (κ1) is 17.2. The predicted molar refractivity (Wildman–Crippen MR) is 96.0 cm³/mol. The van der Waals surface area contributed by atoms with E-state index >= 15 is 0 Å². The molecule has 0 aliphatic carbocycles. The first-order chi connectivity index (χ1) is 12.2. The maximum absolute atomic E-state index is 12.0. The van der Waals surface area contributed by atoms with Crippen molar-refractivity contribution >= 4 is 29.2 Å². The molecular formula is C20H16ClNO3. The number of carbonyl (C=O) groups excluding carboxylic acids is 1. The van der Waals surface area contributed by atoms with Crippen LogP contribution >= 0.6 is 11.6 Å². The smallest absolute Gasteiger partial charge is 0.340 e. The highest BCUT2D eigenvalue weighted by Gasteiger charge is 2.25. The molecule has 25 heavy (non-hydrogen) atoms. The Bertz CT molecular complexity index is 848. The molecule has 2 aromatic carbocycles. The molecule has 1 unspecified atom stereocenters. The number of benzene rings is 2. The zero-order chi connectivity index (χ0) is 17.6. The Morgan fingerprint density at radius 1 is 1.28 bits per heavy atom. The van der Waals surface area contributed by atoms with Crippen molar-refractivity contribution in [3.8, 4) is 11.8 Å². The van der Waals surface area contributed by atoms with Crippen molar-refractivity contribution in [1.29, 1.82) is 5.26 Å². The summed E-state index contributed by atoms with van der Waals surface area (Å²) in [5, 5.41) is 9.99. The van der Waals surface area contributed by atoms with Gasteiger partial charge in [-0.2, -0.15) is 5.26 Å². The van der Waals surface area contributed by atoms with Crippen molar-refractivity contribution in [3.05, 3.63) is 64.7 Å². The summed E-state index contributed by atoms with van der Waals surface area (Å²) in [5.74, 6) is 0.0478. The lowest BCUT2D eigenvalue weighted by atomic mass is 10.0. The van der Waals surface area contributed by atoms with Gasteiger partial charge in [-0.05, 0) is 54.3 Å². The van der Waals surface area contributed by atoms with E-state index in [0.29, 0.717) is 29.4 Å². The average molecular weight is 354 g/mol. The van der Waals surface area contributed by atoms with Crippen molar-refractivity contribution < 1.29 is 14.3 Å². The van der Waals surface area contributed by atoms with Crippen LogP contribution in [0.5, 0.6) is 5.75 Å². The lowest BCUT2D eigenvalue weighted by Crippen LogP contribution is -2.24. The molecule has 0 bridgehead atoms. The minimum absolute atomic E-state index is 0.381. The second kappa shape index (κ2) is 7.98. The Morgan fingerprint density at radius 2 is 2.12 bits per heavy atom. The molecule has 0 amide bonds. The fourth-order valence-electron chi connectivity index (χ4n) is 2.62. The van der Waals surface area contributed by atoms with Crippen molar-refractivity contribution in [2.24, 2.45) is 0 Å². The molecule has 4 nitrogen and oxygen atoms in total. The van der Waals surface area contributed by atoms with E-state index in [9.17, 15) is 10.1 Å². The Kier molecular flexibility index (Phi) is 5.49. The summed E-state index contributed by atoms with van der Waals surface area (Å²) >= 11 is 5.99. The zero-order valence-corrected chi connectivity index (χ0v) is 14.2. The second-order valence-electron chi connectivity index (χ2n) is 5.68. The van der Waals surface area contributed by atoms with E-state index in [1.165, 1.54) is 0 Å². The van der Waals surface area contributed by atoms with Gasteiger partial charge in [-0.15, -0.1) is 0 Å². The van der Waals surface area contributed by atoms with E-state index in [-0.39, 0.29) is 5.97 Å². The third-order valence-electron chi connectivity index (χ3n) is 3.84. The Labute approximate surface area is 151 Å². The van der Waals surface area contributed by atoms with E-state index in [2.05, 4.69) is 6.07 Å². The number of hydrogen-bond donors (Lipinski definition) is 0. The van der Waals surface area contributed by atoms with Crippen LogP contribution in [0.25, 0.3) is 11.6 Å². The van der Waals surface area contributed by atoms with Crippen LogP contribution in [0.1, 0.15) is 24.0 Å². The standard InChI is InChI=1S/C20H16ClNO3/c21-17-6-2-5-15(12-17)16(13-22)10-14-4-1-7-18(11-14)25-20(23)19-8-3-9-24-19/h1-2,4-7,10-12,19H,3,8-9H2/b16-10-. The highest BCUT2D eigenvalue weighted by Crippen LogP contribution is 2.23. The molecular weight excluding hydrogens is 338 g/mol. The molecule has 126 valence electrons. The lowest BCUT2D eigenvalue weighted by Gasteiger charge is -2.09. The van der Waals surface area contributed by atoms with Crippen LogP contribution in [0.2, 0.25) is 5.02 Å². The second-order valence-corrected chi connectivity index (χ2v) is 6.11. The molecule has 5 heteroatoms. The minimum Gasteiger partial charge on any atom is -0.425 e. The summed E-state index contributed by atoms with van der Waals surface area (Å²) in [4.78, 5) is 12.0. The van der Waals surface area contributed by atoms with E-state index in [4.69, 9.17) is 21.1 Å². The average Bonchev–Trinajstić information content (AvgIpc) is 3.15. The minimum atomic E-state index is -0.486. The van der Waals surface area contributed by atoms with Gasteiger partial charge in [0.05, 0.1) is 11.6 Å². The normalized spacial score (nSPS) is 17.1. The van der Waals surface area contributed by atoms with Gasteiger partial charge in [0, 0.05) is 11.6 Å². The van der Waals surface area contributed by atoms with Gasteiger partial charge in [-0.25, -0.2) is 4.79 Å². The molecule has 3 rings (SSSR count). The first-order valence-corrected chi connectivity index (χ1v) is 8.34. The summed E-state index contributed by atoms with van der Waals surface area (Å²) in [6.07, 6.45) is 2.80. The number of nitriles is 1. The van der Waals surface area contributed by atoms with Gasteiger partial charge in [-0.3, -0.25) is 0 Å². The highest BCUT2D eigenvalue weighted by molar-refractivity contribution is 6.30. The molecule has 0 radical (unpaired) electrons. The molecule has 0 N–H and O–H groups in total. The van der Waals surface area contributed by atoms with E-state index in [1.807, 2.05) is 12.1 Å². The number of allylic oxidation sites excluding steroid dienone is 1. The third kappa shape index (κ3) is 4.48. The van der Waals surface area contributed by atoms with Gasteiger partial charge >= 0.3 is 5.97 Å². The fourth-order valence-corrected chi connectivity index (χ4v) is 2.81. The number of halogens is 1. The summed E-state index contributed by atoms with van der Waals surface area (Å²) < 4.78 is 10.7. The maximum atomic E-state index is 12.0. The topological polar surface area (TPSA) is 59.3 Å². The van der Waals surface area contributed by atoms with E-state index in [0.717, 1.165) is 17.5 Å². The number of esters is 1. The van der Waals surface area contributed by atoms with Crippen LogP contribution in [0.3, 0.4) is 0 Å². The number of hydrogen-bond acceptors (Lipinski definition) is 4. The first-order valence-electron chi connectivity index (χ1n) is 7.97. The third-order valence-corrected chi connectivity index (χ3v) is 4.07. The molecule has 0 saturated carbocycles. The van der Waals surface area contributed by atoms with Gasteiger partial charge < -0.3 is 9.47 Å². The maximum Gasteiger partial charge on any atom is 0.340 e. The molecule has 1 aliphatic heterocycles. The van der Waals surface area contributed by atoms with Crippen LogP contribution in [0.4, 0.5) is 0 Å². The SMILES string of the molecule is N#C/C(=C/c1cccc(OC(=O)C2CCCO2)c1)c1cccc(Cl)c1. The molecule has 0 aromatic heterocycles. The summed E-state index contributed by atoms with van der Waals surface area (Å²) in [6.45, 7) is 0.591. The quantitative estimate of drug-likeness (QED) is 0.352. The summed E-state index contributed by atoms with van der Waals surface area (Å²) in [6, 6.07) is 16.3. The Balaban J connectivity index is 1.80. The van der Waals surface area contributed by atoms with Crippen molar-refractivity contribution in [2.45, 2.75) is 18.9 Å².